The number of carbonyl (C=O) groups is 1. The molecule has 6 atom stereocenters. The maximum Gasteiger partial charge on any atom is 0.234 e. The Balaban J connectivity index is 1.33. The number of hydrogen-bond acceptors (Lipinski definition) is 6. The van der Waals surface area contributed by atoms with Crippen LogP contribution in [0.1, 0.15) is 19.8 Å². The van der Waals surface area contributed by atoms with Crippen molar-refractivity contribution in [1.29, 1.82) is 0 Å². The summed E-state index contributed by atoms with van der Waals surface area (Å²) in [5, 5.41) is 12.8. The summed E-state index contributed by atoms with van der Waals surface area (Å²) in [6, 6.07) is 20.2. The van der Waals surface area contributed by atoms with Gasteiger partial charge in [0.05, 0.1) is 17.5 Å². The van der Waals surface area contributed by atoms with E-state index >= 15 is 0 Å². The maximum absolute atomic E-state index is 13.2. The SMILES string of the molecule is CC1C(Sc2nnc(-c3ccccc3)n2-c2ccccc2)C(=O)NC2CC3OCOC3CC21. The topological polar surface area (TPSA) is 78.3 Å². The van der Waals surface area contributed by atoms with Gasteiger partial charge in [-0.3, -0.25) is 9.36 Å². The molecule has 33 heavy (non-hydrogen) atoms. The summed E-state index contributed by atoms with van der Waals surface area (Å²) in [6.07, 6.45) is 1.96. The molecule has 170 valence electrons. The first kappa shape index (κ1) is 20.9. The van der Waals surface area contributed by atoms with Gasteiger partial charge in [-0.1, -0.05) is 67.2 Å². The average molecular weight is 463 g/mol. The molecule has 6 rings (SSSR count). The summed E-state index contributed by atoms with van der Waals surface area (Å²) in [7, 11) is 0. The average Bonchev–Trinajstić information content (AvgIpc) is 3.48. The van der Waals surface area contributed by atoms with Crippen LogP contribution in [0.25, 0.3) is 17.1 Å². The lowest BCUT2D eigenvalue weighted by Crippen LogP contribution is -2.59. The minimum atomic E-state index is -0.250. The predicted molar refractivity (Wildman–Crippen MR) is 125 cm³/mol. The summed E-state index contributed by atoms with van der Waals surface area (Å²) in [6.45, 7) is 2.54. The number of para-hydroxylation sites is 1. The molecular formula is C25H26N4O3S. The standard InChI is InChI=1S/C25H26N4O3S/c1-15-18-12-20-21(32-14-31-20)13-19(18)26-24(30)22(15)33-25-28-27-23(16-8-4-2-5-9-16)29(25)17-10-6-3-7-11-17/h2-11,15,18-22H,12-14H2,1H3,(H,26,30). The number of nitrogens with zero attached hydrogens (tertiary/aromatic N) is 3. The molecule has 0 radical (unpaired) electrons. The second kappa shape index (κ2) is 8.59. The lowest BCUT2D eigenvalue weighted by Gasteiger charge is -2.46. The number of hydrogen-bond donors (Lipinski definition) is 1. The molecule has 1 saturated carbocycles. The van der Waals surface area contributed by atoms with Gasteiger partial charge in [0.1, 0.15) is 6.79 Å². The number of thioether (sulfide) groups is 1. The molecule has 3 aliphatic rings. The Morgan fingerprint density at radius 1 is 0.970 bits per heavy atom. The molecule has 3 aromatic rings. The quantitative estimate of drug-likeness (QED) is 0.637. The third-order valence-corrected chi connectivity index (χ3v) is 8.51. The Bertz CT molecular complexity index is 1140. The van der Waals surface area contributed by atoms with E-state index in [-0.39, 0.29) is 35.3 Å². The third kappa shape index (κ3) is 3.76. The van der Waals surface area contributed by atoms with E-state index in [9.17, 15) is 4.79 Å². The van der Waals surface area contributed by atoms with Gasteiger partial charge in [-0.25, -0.2) is 0 Å². The molecule has 0 spiro atoms. The van der Waals surface area contributed by atoms with E-state index in [0.717, 1.165) is 35.1 Å². The van der Waals surface area contributed by atoms with E-state index in [4.69, 9.17) is 9.47 Å². The molecule has 2 aliphatic heterocycles. The molecule has 2 aromatic carbocycles. The van der Waals surface area contributed by atoms with Crippen molar-refractivity contribution in [2.24, 2.45) is 11.8 Å². The highest BCUT2D eigenvalue weighted by Crippen LogP contribution is 2.44. The number of nitrogens with one attached hydrogen (secondary N) is 1. The van der Waals surface area contributed by atoms with Crippen LogP contribution in [0.15, 0.2) is 65.8 Å². The van der Waals surface area contributed by atoms with E-state index in [1.54, 1.807) is 0 Å². The molecule has 1 aliphatic carbocycles. The Morgan fingerprint density at radius 2 is 1.67 bits per heavy atom. The normalized spacial score (nSPS) is 31.0. The molecular weight excluding hydrogens is 436 g/mol. The summed E-state index contributed by atoms with van der Waals surface area (Å²) in [4.78, 5) is 13.2. The van der Waals surface area contributed by atoms with Gasteiger partial charge < -0.3 is 14.8 Å². The van der Waals surface area contributed by atoms with Gasteiger partial charge in [0, 0.05) is 17.3 Å². The number of piperidine rings is 1. The molecule has 6 unspecified atom stereocenters. The maximum atomic E-state index is 13.2. The van der Waals surface area contributed by atoms with Crippen molar-refractivity contribution in [3.63, 3.8) is 0 Å². The number of benzene rings is 2. The van der Waals surface area contributed by atoms with Gasteiger partial charge in [-0.15, -0.1) is 10.2 Å². The van der Waals surface area contributed by atoms with Gasteiger partial charge in [-0.2, -0.15) is 0 Å². The van der Waals surface area contributed by atoms with E-state index in [1.807, 2.05) is 60.7 Å². The zero-order valence-electron chi connectivity index (χ0n) is 18.3. The van der Waals surface area contributed by atoms with Crippen molar-refractivity contribution in [2.75, 3.05) is 6.79 Å². The van der Waals surface area contributed by atoms with Crippen LogP contribution in [0.5, 0.6) is 0 Å². The molecule has 1 amide bonds. The number of aromatic nitrogens is 3. The third-order valence-electron chi connectivity index (χ3n) is 7.14. The number of amides is 1. The minimum absolute atomic E-state index is 0.0648. The van der Waals surface area contributed by atoms with E-state index in [0.29, 0.717) is 12.7 Å². The largest absolute Gasteiger partial charge is 0.352 e. The molecule has 7 nitrogen and oxygen atoms in total. The zero-order chi connectivity index (χ0) is 22.4. The van der Waals surface area contributed by atoms with Gasteiger partial charge in [-0.05, 0) is 36.8 Å². The van der Waals surface area contributed by atoms with Gasteiger partial charge in [0.2, 0.25) is 5.91 Å². The van der Waals surface area contributed by atoms with Crippen LogP contribution in [0.2, 0.25) is 0 Å². The van der Waals surface area contributed by atoms with Gasteiger partial charge in [0.25, 0.3) is 0 Å². The van der Waals surface area contributed by atoms with Crippen LogP contribution < -0.4 is 5.32 Å². The van der Waals surface area contributed by atoms with Crippen LogP contribution in [0.3, 0.4) is 0 Å². The summed E-state index contributed by atoms with van der Waals surface area (Å²) < 4.78 is 13.6. The van der Waals surface area contributed by atoms with E-state index in [1.165, 1.54) is 11.8 Å². The fourth-order valence-electron chi connectivity index (χ4n) is 5.41. The summed E-state index contributed by atoms with van der Waals surface area (Å²) >= 11 is 1.50. The van der Waals surface area contributed by atoms with Crippen molar-refractivity contribution < 1.29 is 14.3 Å². The molecule has 3 heterocycles. The van der Waals surface area contributed by atoms with Crippen LogP contribution in [-0.2, 0) is 14.3 Å². The van der Waals surface area contributed by atoms with Crippen molar-refractivity contribution in [2.45, 2.75) is 48.4 Å². The molecule has 8 heteroatoms. The first-order valence-corrected chi connectivity index (χ1v) is 12.3. The van der Waals surface area contributed by atoms with Crippen molar-refractivity contribution in [1.82, 2.24) is 20.1 Å². The molecule has 3 fully saturated rings. The van der Waals surface area contributed by atoms with Crippen LogP contribution in [-0.4, -0.2) is 51.0 Å². The Hall–Kier alpha value is -2.68. The lowest BCUT2D eigenvalue weighted by molar-refractivity contribution is -0.127. The Morgan fingerprint density at radius 3 is 2.42 bits per heavy atom. The summed E-state index contributed by atoms with van der Waals surface area (Å²) in [5.41, 5.74) is 1.96. The fourth-order valence-corrected chi connectivity index (χ4v) is 6.61. The first-order valence-electron chi connectivity index (χ1n) is 11.5. The monoisotopic (exact) mass is 462 g/mol. The second-order valence-electron chi connectivity index (χ2n) is 9.02. The fraction of sp³-hybridized carbons (Fsp3) is 0.400. The molecule has 1 N–H and O–H groups in total. The highest BCUT2D eigenvalue weighted by Gasteiger charge is 2.50. The zero-order valence-corrected chi connectivity index (χ0v) is 19.2. The highest BCUT2D eigenvalue weighted by atomic mass is 32.2. The number of fused-ring (bicyclic) bond motifs is 2. The number of carbonyl (C=O) groups excluding carboxylic acids is 1. The first-order chi connectivity index (χ1) is 16.2. The number of ether oxygens (including phenoxy) is 2. The predicted octanol–water partition coefficient (Wildman–Crippen LogP) is 3.68. The minimum Gasteiger partial charge on any atom is -0.352 e. The van der Waals surface area contributed by atoms with E-state index in [2.05, 4.69) is 27.0 Å². The smallest absolute Gasteiger partial charge is 0.234 e. The molecule has 2 saturated heterocycles. The van der Waals surface area contributed by atoms with Gasteiger partial charge >= 0.3 is 0 Å². The van der Waals surface area contributed by atoms with E-state index < -0.39 is 0 Å². The Kier molecular flexibility index (Phi) is 5.44. The van der Waals surface area contributed by atoms with Crippen molar-refractivity contribution >= 4 is 17.7 Å². The number of rotatable bonds is 4. The molecule has 0 bridgehead atoms. The van der Waals surface area contributed by atoms with Crippen molar-refractivity contribution in [3.8, 4) is 17.1 Å². The molecule has 1 aromatic heterocycles. The lowest BCUT2D eigenvalue weighted by atomic mass is 9.71. The Labute approximate surface area is 196 Å². The summed E-state index contributed by atoms with van der Waals surface area (Å²) in [5.74, 6) is 1.36. The van der Waals surface area contributed by atoms with Crippen LogP contribution in [0, 0.1) is 11.8 Å². The van der Waals surface area contributed by atoms with Crippen LogP contribution >= 0.6 is 11.8 Å². The highest BCUT2D eigenvalue weighted by molar-refractivity contribution is 8.00. The van der Waals surface area contributed by atoms with Crippen molar-refractivity contribution in [3.05, 3.63) is 60.7 Å². The second-order valence-corrected chi connectivity index (χ2v) is 10.1. The van der Waals surface area contributed by atoms with Gasteiger partial charge in [0.15, 0.2) is 11.0 Å². The van der Waals surface area contributed by atoms with Crippen LogP contribution in [0.4, 0.5) is 0 Å².